The maximum atomic E-state index is 13.1. The first-order valence-corrected chi connectivity index (χ1v) is 9.13. The molecule has 2 heterocycles. The van der Waals surface area contributed by atoms with E-state index in [1.807, 2.05) is 20.8 Å². The number of imide groups is 1. The van der Waals surface area contributed by atoms with E-state index in [1.165, 1.54) is 0 Å². The van der Waals surface area contributed by atoms with Gasteiger partial charge in [-0.25, -0.2) is 0 Å². The van der Waals surface area contributed by atoms with E-state index < -0.39 is 11.5 Å². The molecule has 2 aliphatic heterocycles. The Morgan fingerprint density at radius 2 is 1.84 bits per heavy atom. The molecule has 1 N–H and O–H groups in total. The molecule has 0 unspecified atom stereocenters. The molecule has 0 aromatic carbocycles. The topological polar surface area (TPSA) is 86.8 Å². The Labute approximate surface area is 148 Å². The third-order valence-electron chi connectivity index (χ3n) is 5.17. The maximum absolute atomic E-state index is 13.1. The van der Waals surface area contributed by atoms with Gasteiger partial charge in [0.1, 0.15) is 6.04 Å². The highest BCUT2D eigenvalue weighted by Gasteiger charge is 2.47. The van der Waals surface area contributed by atoms with Gasteiger partial charge in [-0.1, -0.05) is 20.8 Å². The van der Waals surface area contributed by atoms with Gasteiger partial charge in [-0.2, -0.15) is 0 Å². The summed E-state index contributed by atoms with van der Waals surface area (Å²) >= 11 is 0. The van der Waals surface area contributed by atoms with Crippen molar-refractivity contribution < 1.29 is 19.2 Å². The Bertz CT molecular complexity index is 606. The molecule has 4 amide bonds. The van der Waals surface area contributed by atoms with Crippen molar-refractivity contribution in [1.82, 2.24) is 15.1 Å². The van der Waals surface area contributed by atoms with E-state index in [0.29, 0.717) is 13.1 Å². The number of carbonyl (C=O) groups excluding carboxylic acids is 4. The van der Waals surface area contributed by atoms with Crippen LogP contribution in [0.1, 0.15) is 52.9 Å². The number of nitrogens with zero attached hydrogens (tertiary/aromatic N) is 2. The van der Waals surface area contributed by atoms with Crippen LogP contribution in [0.2, 0.25) is 0 Å². The van der Waals surface area contributed by atoms with Gasteiger partial charge in [-0.15, -0.1) is 0 Å². The lowest BCUT2D eigenvalue weighted by molar-refractivity contribution is -0.148. The minimum Gasteiger partial charge on any atom is -0.341 e. The maximum Gasteiger partial charge on any atom is 0.249 e. The van der Waals surface area contributed by atoms with Gasteiger partial charge in [-0.3, -0.25) is 24.5 Å². The predicted molar refractivity (Wildman–Crippen MR) is 90.2 cm³/mol. The quantitative estimate of drug-likeness (QED) is 0.759. The highest BCUT2D eigenvalue weighted by Crippen LogP contribution is 2.34. The van der Waals surface area contributed by atoms with Crippen LogP contribution >= 0.6 is 0 Å². The first-order chi connectivity index (χ1) is 11.7. The average Bonchev–Trinajstić information content (AvgIpc) is 3.31. The first-order valence-electron chi connectivity index (χ1n) is 9.13. The molecular formula is C18H27N3O4. The number of carbonyl (C=O) groups is 4. The van der Waals surface area contributed by atoms with Gasteiger partial charge in [0.2, 0.25) is 23.6 Å². The molecule has 1 saturated carbocycles. The number of hydrogen-bond acceptors (Lipinski definition) is 4. The fraction of sp³-hybridized carbons (Fsp3) is 0.778. The van der Waals surface area contributed by atoms with Crippen molar-refractivity contribution in [3.8, 4) is 0 Å². The molecular weight excluding hydrogens is 322 g/mol. The van der Waals surface area contributed by atoms with Crippen molar-refractivity contribution in [1.29, 1.82) is 0 Å². The van der Waals surface area contributed by atoms with Crippen molar-refractivity contribution in [2.24, 2.45) is 11.3 Å². The Hall–Kier alpha value is -1.92. The fourth-order valence-corrected chi connectivity index (χ4v) is 3.75. The van der Waals surface area contributed by atoms with Crippen LogP contribution < -0.4 is 5.32 Å². The molecule has 0 spiro atoms. The molecule has 1 aliphatic carbocycles. The molecule has 3 aliphatic rings. The highest BCUT2D eigenvalue weighted by atomic mass is 16.2. The summed E-state index contributed by atoms with van der Waals surface area (Å²) in [5.41, 5.74) is -0.473. The molecule has 2 saturated heterocycles. The smallest absolute Gasteiger partial charge is 0.249 e. The van der Waals surface area contributed by atoms with E-state index in [0.717, 1.165) is 25.7 Å². The van der Waals surface area contributed by atoms with E-state index >= 15 is 0 Å². The summed E-state index contributed by atoms with van der Waals surface area (Å²) in [6.07, 6.45) is 3.31. The van der Waals surface area contributed by atoms with Gasteiger partial charge < -0.3 is 9.80 Å². The number of rotatable bonds is 3. The van der Waals surface area contributed by atoms with Crippen molar-refractivity contribution in [3.63, 3.8) is 0 Å². The summed E-state index contributed by atoms with van der Waals surface area (Å²) < 4.78 is 0. The summed E-state index contributed by atoms with van der Waals surface area (Å²) in [6.45, 7) is 6.72. The average molecular weight is 349 g/mol. The third kappa shape index (κ3) is 3.70. The summed E-state index contributed by atoms with van der Waals surface area (Å²) in [4.78, 5) is 52.7. The lowest BCUT2D eigenvalue weighted by atomic mass is 9.90. The monoisotopic (exact) mass is 349 g/mol. The number of nitrogens with one attached hydrogen (secondary N) is 1. The van der Waals surface area contributed by atoms with E-state index in [-0.39, 0.29) is 42.0 Å². The second-order valence-corrected chi connectivity index (χ2v) is 8.45. The van der Waals surface area contributed by atoms with Gasteiger partial charge >= 0.3 is 0 Å². The molecule has 0 aromatic heterocycles. The van der Waals surface area contributed by atoms with Crippen LogP contribution in [0, 0.1) is 11.3 Å². The normalized spacial score (nSPS) is 27.2. The third-order valence-corrected chi connectivity index (χ3v) is 5.17. The summed E-state index contributed by atoms with van der Waals surface area (Å²) in [7, 11) is 0. The highest BCUT2D eigenvalue weighted by molar-refractivity contribution is 6.07. The zero-order chi connectivity index (χ0) is 18.4. The van der Waals surface area contributed by atoms with Crippen LogP contribution in [-0.4, -0.2) is 58.6 Å². The summed E-state index contributed by atoms with van der Waals surface area (Å²) in [5.74, 6) is -1.00. The molecule has 25 heavy (non-hydrogen) atoms. The number of piperidine rings is 1. The van der Waals surface area contributed by atoms with Crippen LogP contribution in [0.25, 0.3) is 0 Å². The van der Waals surface area contributed by atoms with E-state index in [1.54, 1.807) is 9.80 Å². The van der Waals surface area contributed by atoms with Crippen molar-refractivity contribution in [2.45, 2.75) is 65.0 Å². The molecule has 0 aromatic rings. The zero-order valence-electron chi connectivity index (χ0n) is 15.2. The molecule has 2 atom stereocenters. The zero-order valence-corrected chi connectivity index (χ0v) is 15.2. The SMILES string of the molecule is CC(C)(C)C(=O)N1CCC[C@H](C(=O)N(C2CC2)[C@@H]2CC(=O)NC2=O)C1. The summed E-state index contributed by atoms with van der Waals surface area (Å²) in [5, 5.41) is 2.30. The van der Waals surface area contributed by atoms with Gasteiger partial charge in [-0.05, 0) is 25.7 Å². The number of likely N-dealkylation sites (tertiary alicyclic amines) is 1. The standard InChI is InChI=1S/C18H27N3O4/c1-18(2,3)17(25)20-8-4-5-11(10-20)16(24)21(12-6-7-12)13-9-14(22)19-15(13)23/h11-13H,4-10H2,1-3H3,(H,19,22,23)/t11-,13+/m0/s1. The number of hydrogen-bond donors (Lipinski definition) is 1. The Morgan fingerprint density at radius 1 is 1.16 bits per heavy atom. The second-order valence-electron chi connectivity index (χ2n) is 8.45. The summed E-state index contributed by atoms with van der Waals surface area (Å²) in [6, 6.07) is -0.621. The van der Waals surface area contributed by atoms with Crippen molar-refractivity contribution in [2.75, 3.05) is 13.1 Å². The molecule has 0 radical (unpaired) electrons. The van der Waals surface area contributed by atoms with E-state index in [9.17, 15) is 19.2 Å². The van der Waals surface area contributed by atoms with Gasteiger partial charge in [0.05, 0.1) is 12.3 Å². The van der Waals surface area contributed by atoms with Crippen molar-refractivity contribution >= 4 is 23.6 Å². The minimum atomic E-state index is -0.679. The van der Waals surface area contributed by atoms with Gasteiger partial charge in [0, 0.05) is 24.5 Å². The number of amides is 4. The van der Waals surface area contributed by atoms with E-state index in [4.69, 9.17) is 0 Å². The predicted octanol–water partition coefficient (Wildman–Crippen LogP) is 0.677. The molecule has 3 rings (SSSR count). The molecule has 138 valence electrons. The van der Waals surface area contributed by atoms with E-state index in [2.05, 4.69) is 5.32 Å². The Balaban J connectivity index is 1.73. The van der Waals surface area contributed by atoms with Gasteiger partial charge in [0.15, 0.2) is 0 Å². The lowest BCUT2D eigenvalue weighted by Gasteiger charge is -2.38. The lowest BCUT2D eigenvalue weighted by Crippen LogP contribution is -2.53. The Kier molecular flexibility index (Phi) is 4.60. The Morgan fingerprint density at radius 3 is 2.36 bits per heavy atom. The first kappa shape index (κ1) is 17.9. The second kappa shape index (κ2) is 6.42. The molecule has 7 nitrogen and oxygen atoms in total. The fourth-order valence-electron chi connectivity index (χ4n) is 3.75. The molecule has 7 heteroatoms. The van der Waals surface area contributed by atoms with Crippen LogP contribution in [-0.2, 0) is 19.2 Å². The van der Waals surface area contributed by atoms with Crippen LogP contribution in [0.3, 0.4) is 0 Å². The van der Waals surface area contributed by atoms with Crippen LogP contribution in [0.5, 0.6) is 0 Å². The van der Waals surface area contributed by atoms with Crippen molar-refractivity contribution in [3.05, 3.63) is 0 Å². The molecule has 0 bridgehead atoms. The van der Waals surface area contributed by atoms with Gasteiger partial charge in [0.25, 0.3) is 0 Å². The van der Waals surface area contributed by atoms with Crippen LogP contribution in [0.4, 0.5) is 0 Å². The minimum absolute atomic E-state index is 0.0526. The van der Waals surface area contributed by atoms with Crippen LogP contribution in [0.15, 0.2) is 0 Å². The molecule has 3 fully saturated rings. The largest absolute Gasteiger partial charge is 0.341 e.